The summed E-state index contributed by atoms with van der Waals surface area (Å²) in [5.74, 6) is 0. The van der Waals surface area contributed by atoms with Gasteiger partial charge in [0.25, 0.3) is 0 Å². The second-order valence-electron chi connectivity index (χ2n) is 4.72. The van der Waals surface area contributed by atoms with Crippen molar-refractivity contribution in [2.24, 2.45) is 0 Å². The fourth-order valence-electron chi connectivity index (χ4n) is 2.13. The molecule has 19 heavy (non-hydrogen) atoms. The van der Waals surface area contributed by atoms with Gasteiger partial charge in [0.2, 0.25) is 0 Å². The first-order valence-corrected chi connectivity index (χ1v) is 6.87. The van der Waals surface area contributed by atoms with Crippen LogP contribution < -0.4 is 5.32 Å². The standard InChI is InChI=1S/C13H16Cl2N2O2/c1-8-6-17(7-9(2)19-8)13(18)16-12-5-10(14)3-4-11(12)15/h3-5,8-9H,6-7H2,1-2H3,(H,16,18)/t8-,9-/m1/s1. The van der Waals surface area contributed by atoms with E-state index in [1.54, 1.807) is 23.1 Å². The number of benzene rings is 1. The number of hydrogen-bond acceptors (Lipinski definition) is 2. The first-order chi connectivity index (χ1) is 8.95. The Labute approximate surface area is 122 Å². The number of urea groups is 1. The van der Waals surface area contributed by atoms with Crippen molar-refractivity contribution in [3.8, 4) is 0 Å². The number of anilines is 1. The Morgan fingerprint density at radius 2 is 1.95 bits per heavy atom. The number of carbonyl (C=O) groups excluding carboxylic acids is 1. The minimum Gasteiger partial charge on any atom is -0.372 e. The molecule has 1 aliphatic rings. The highest BCUT2D eigenvalue weighted by Crippen LogP contribution is 2.26. The Kier molecular flexibility index (Phi) is 4.55. The average Bonchev–Trinajstić information content (AvgIpc) is 2.32. The van der Waals surface area contributed by atoms with Gasteiger partial charge in [-0.15, -0.1) is 0 Å². The van der Waals surface area contributed by atoms with Crippen LogP contribution in [-0.4, -0.2) is 36.2 Å². The van der Waals surface area contributed by atoms with Crippen LogP contribution in [0.1, 0.15) is 13.8 Å². The lowest BCUT2D eigenvalue weighted by molar-refractivity contribution is -0.0530. The third-order valence-electron chi connectivity index (χ3n) is 2.88. The predicted octanol–water partition coefficient (Wildman–Crippen LogP) is 3.63. The summed E-state index contributed by atoms with van der Waals surface area (Å²) >= 11 is 11.9. The van der Waals surface area contributed by atoms with Crippen LogP contribution in [0, 0.1) is 0 Å². The van der Waals surface area contributed by atoms with Gasteiger partial charge in [-0.3, -0.25) is 0 Å². The maximum Gasteiger partial charge on any atom is 0.322 e. The molecule has 0 spiro atoms. The van der Waals surface area contributed by atoms with Crippen LogP contribution in [0.3, 0.4) is 0 Å². The van der Waals surface area contributed by atoms with Crippen molar-refractivity contribution in [3.63, 3.8) is 0 Å². The predicted molar refractivity (Wildman–Crippen MR) is 77.1 cm³/mol. The number of ether oxygens (including phenoxy) is 1. The van der Waals surface area contributed by atoms with Crippen molar-refractivity contribution in [1.82, 2.24) is 4.90 Å². The molecule has 1 heterocycles. The van der Waals surface area contributed by atoms with E-state index in [1.807, 2.05) is 13.8 Å². The summed E-state index contributed by atoms with van der Waals surface area (Å²) in [4.78, 5) is 13.9. The van der Waals surface area contributed by atoms with Crippen molar-refractivity contribution in [2.45, 2.75) is 26.1 Å². The number of nitrogens with one attached hydrogen (secondary N) is 1. The van der Waals surface area contributed by atoms with Gasteiger partial charge in [0.05, 0.1) is 22.9 Å². The molecule has 6 heteroatoms. The van der Waals surface area contributed by atoms with Crippen LogP contribution in [0.25, 0.3) is 0 Å². The van der Waals surface area contributed by atoms with Gasteiger partial charge in [-0.05, 0) is 32.0 Å². The fourth-order valence-corrected chi connectivity index (χ4v) is 2.47. The molecule has 104 valence electrons. The van der Waals surface area contributed by atoms with Crippen LogP contribution in [0.5, 0.6) is 0 Å². The van der Waals surface area contributed by atoms with Crippen LogP contribution >= 0.6 is 23.2 Å². The monoisotopic (exact) mass is 302 g/mol. The molecule has 1 fully saturated rings. The number of nitrogens with zero attached hydrogens (tertiary/aromatic N) is 1. The number of halogens is 2. The van der Waals surface area contributed by atoms with E-state index in [4.69, 9.17) is 27.9 Å². The summed E-state index contributed by atoms with van der Waals surface area (Å²) < 4.78 is 5.59. The van der Waals surface area contributed by atoms with E-state index in [0.29, 0.717) is 28.8 Å². The van der Waals surface area contributed by atoms with E-state index in [9.17, 15) is 4.79 Å². The Morgan fingerprint density at radius 1 is 1.32 bits per heavy atom. The molecular weight excluding hydrogens is 287 g/mol. The third kappa shape index (κ3) is 3.75. The Hall–Kier alpha value is -0.970. The molecule has 1 N–H and O–H groups in total. The van der Waals surface area contributed by atoms with Crippen LogP contribution in [0.2, 0.25) is 10.0 Å². The first kappa shape index (κ1) is 14.4. The lowest BCUT2D eigenvalue weighted by Gasteiger charge is -2.35. The van der Waals surface area contributed by atoms with E-state index < -0.39 is 0 Å². The fraction of sp³-hybridized carbons (Fsp3) is 0.462. The number of amides is 2. The molecule has 2 atom stereocenters. The summed E-state index contributed by atoms with van der Waals surface area (Å²) in [6.07, 6.45) is 0.0636. The van der Waals surface area contributed by atoms with E-state index in [1.165, 1.54) is 0 Å². The SMILES string of the molecule is C[C@@H]1CN(C(=O)Nc2cc(Cl)ccc2Cl)C[C@@H](C)O1. The second kappa shape index (κ2) is 5.99. The number of rotatable bonds is 1. The Bertz CT molecular complexity index is 472. The molecule has 4 nitrogen and oxygen atoms in total. The van der Waals surface area contributed by atoms with Crippen molar-refractivity contribution in [3.05, 3.63) is 28.2 Å². The minimum atomic E-state index is -0.189. The zero-order chi connectivity index (χ0) is 14.0. The van der Waals surface area contributed by atoms with Gasteiger partial charge >= 0.3 is 6.03 Å². The maximum absolute atomic E-state index is 12.2. The van der Waals surface area contributed by atoms with Crippen molar-refractivity contribution in [1.29, 1.82) is 0 Å². The molecule has 0 aliphatic carbocycles. The molecule has 0 unspecified atom stereocenters. The van der Waals surface area contributed by atoms with Gasteiger partial charge in [0.15, 0.2) is 0 Å². The molecule has 0 aromatic heterocycles. The topological polar surface area (TPSA) is 41.6 Å². The van der Waals surface area contributed by atoms with Gasteiger partial charge in [0.1, 0.15) is 0 Å². The largest absolute Gasteiger partial charge is 0.372 e. The number of morpholine rings is 1. The molecule has 1 saturated heterocycles. The van der Waals surface area contributed by atoms with Gasteiger partial charge in [-0.2, -0.15) is 0 Å². The quantitative estimate of drug-likeness (QED) is 0.860. The van der Waals surface area contributed by atoms with E-state index in [2.05, 4.69) is 5.32 Å². The molecule has 1 aromatic rings. The van der Waals surface area contributed by atoms with Crippen LogP contribution in [0.4, 0.5) is 10.5 Å². The average molecular weight is 303 g/mol. The summed E-state index contributed by atoms with van der Waals surface area (Å²) in [6.45, 7) is 5.02. The van der Waals surface area contributed by atoms with E-state index in [-0.39, 0.29) is 18.2 Å². The summed E-state index contributed by atoms with van der Waals surface area (Å²) in [7, 11) is 0. The Balaban J connectivity index is 2.06. The third-order valence-corrected chi connectivity index (χ3v) is 3.44. The first-order valence-electron chi connectivity index (χ1n) is 6.12. The molecule has 2 amide bonds. The molecule has 0 saturated carbocycles. The van der Waals surface area contributed by atoms with Crippen molar-refractivity contribution >= 4 is 34.9 Å². The van der Waals surface area contributed by atoms with Crippen molar-refractivity contribution < 1.29 is 9.53 Å². The summed E-state index contributed by atoms with van der Waals surface area (Å²) in [5.41, 5.74) is 0.519. The summed E-state index contributed by atoms with van der Waals surface area (Å²) in [5, 5.41) is 3.77. The Morgan fingerprint density at radius 3 is 2.58 bits per heavy atom. The lowest BCUT2D eigenvalue weighted by atomic mass is 10.2. The second-order valence-corrected chi connectivity index (χ2v) is 5.56. The normalized spacial score (nSPS) is 23.3. The minimum absolute atomic E-state index is 0.0318. The zero-order valence-electron chi connectivity index (χ0n) is 10.8. The van der Waals surface area contributed by atoms with E-state index in [0.717, 1.165) is 0 Å². The zero-order valence-corrected chi connectivity index (χ0v) is 12.3. The van der Waals surface area contributed by atoms with Gasteiger partial charge in [0, 0.05) is 18.1 Å². The molecule has 1 aliphatic heterocycles. The van der Waals surface area contributed by atoms with E-state index >= 15 is 0 Å². The van der Waals surface area contributed by atoms with Crippen LogP contribution in [0.15, 0.2) is 18.2 Å². The lowest BCUT2D eigenvalue weighted by Crippen LogP contribution is -2.49. The number of carbonyl (C=O) groups is 1. The van der Waals surface area contributed by atoms with Gasteiger partial charge < -0.3 is 15.0 Å². The molecular formula is C13H16Cl2N2O2. The highest BCUT2D eigenvalue weighted by atomic mass is 35.5. The molecule has 2 rings (SSSR count). The molecule has 0 bridgehead atoms. The highest BCUT2D eigenvalue weighted by molar-refractivity contribution is 6.35. The molecule has 0 radical (unpaired) electrons. The maximum atomic E-state index is 12.2. The highest BCUT2D eigenvalue weighted by Gasteiger charge is 2.26. The smallest absolute Gasteiger partial charge is 0.322 e. The van der Waals surface area contributed by atoms with Gasteiger partial charge in [-0.1, -0.05) is 23.2 Å². The van der Waals surface area contributed by atoms with Crippen molar-refractivity contribution in [2.75, 3.05) is 18.4 Å². The van der Waals surface area contributed by atoms with Crippen LogP contribution in [-0.2, 0) is 4.74 Å². The summed E-state index contributed by atoms with van der Waals surface area (Å²) in [6, 6.07) is 4.78. The molecule has 1 aromatic carbocycles. The van der Waals surface area contributed by atoms with Gasteiger partial charge in [-0.25, -0.2) is 4.79 Å². The number of hydrogen-bond donors (Lipinski definition) is 1.